The Morgan fingerprint density at radius 2 is 0.567 bits per heavy atom. The molecule has 5 fully saturated rings. The zero-order valence-electron chi connectivity index (χ0n) is 76.7. The molecule has 8 amide bonds. The minimum atomic E-state index is -1.53. The van der Waals surface area contributed by atoms with Crippen LogP contribution in [0.5, 0.6) is 0 Å². The highest BCUT2D eigenvalue weighted by molar-refractivity contribution is 6.34. The van der Waals surface area contributed by atoms with Gasteiger partial charge in [-0.1, -0.05) is 259 Å². The molecule has 5 saturated heterocycles. The van der Waals surface area contributed by atoms with E-state index >= 15 is 0 Å². The number of carbonyl (C=O) groups is 4. The van der Waals surface area contributed by atoms with Gasteiger partial charge in [-0.2, -0.15) is 0 Å². The van der Waals surface area contributed by atoms with Crippen molar-refractivity contribution in [1.29, 1.82) is 0 Å². The van der Waals surface area contributed by atoms with Gasteiger partial charge in [-0.05, 0) is 308 Å². The van der Waals surface area contributed by atoms with Crippen molar-refractivity contribution in [2.75, 3.05) is 45.7 Å². The summed E-state index contributed by atoms with van der Waals surface area (Å²) in [4.78, 5) is 79.7. The molecule has 29 heteroatoms. The van der Waals surface area contributed by atoms with Crippen LogP contribution in [-0.2, 0) is 27.3 Å². The second kappa shape index (κ2) is 41.4. The van der Waals surface area contributed by atoms with Crippen LogP contribution in [0, 0.1) is 34.6 Å². The molecule has 0 spiro atoms. The molecule has 5 aliphatic heterocycles. The number of anilines is 8. The van der Waals surface area contributed by atoms with Gasteiger partial charge in [0.15, 0.2) is 24.4 Å². The number of aryl methyl sites for hydroxylation is 5. The number of aliphatic hydroxyl groups is 3. The lowest BCUT2D eigenvalue weighted by atomic mass is 9.88. The van der Waals surface area contributed by atoms with Crippen LogP contribution in [0.2, 0.25) is 50.2 Å². The van der Waals surface area contributed by atoms with E-state index in [1.165, 1.54) is 14.7 Å². The number of carbonyl (C=O) groups excluding carboxylic acids is 4. The van der Waals surface area contributed by atoms with E-state index < -0.39 is 41.2 Å². The zero-order valence-corrected chi connectivity index (χ0v) is 84.3. The summed E-state index contributed by atoms with van der Waals surface area (Å²) in [5.74, 6) is 0. The molecule has 6 heterocycles. The van der Waals surface area contributed by atoms with E-state index in [1.54, 1.807) is 228 Å². The van der Waals surface area contributed by atoms with Gasteiger partial charge in [0.1, 0.15) is 11.1 Å². The molecule has 16 aromatic rings. The molecule has 21 rings (SSSR count). The number of fused-ring (bicyclic) bond motifs is 1. The fourth-order valence-electron chi connectivity index (χ4n) is 18.1. The van der Waals surface area contributed by atoms with Crippen molar-refractivity contribution in [2.24, 2.45) is 0 Å². The average Bonchev–Trinajstić information content (AvgIpc) is 1.50. The molecule has 0 saturated carbocycles. The van der Waals surface area contributed by atoms with Gasteiger partial charge in [0.2, 0.25) is 5.72 Å². The number of benzene rings is 15. The monoisotopic (exact) mass is 2070 g/mol. The maximum Gasteiger partial charge on any atom is 0.337 e. The standard InChI is InChI=1S/2C23H20Cl2N2O2.C22H16Cl2N2O2.C22H18Cl2N2O2.C22H16Cl2N2O/c2*1-15-4-3-5-16(14-15)23(2)21(28)26(19-10-6-17(24)7-11-19)22(29)27(23)20-12-8-18(25)9-13-20;1-14-3-2-4-15(13-14)22-20(28-22)25(18-9-5-16(23)6-10-18)21(27)26(22)19-11-7-17(24)8-12-19;1-15-3-2-4-16(13-15)22(28)14-25(19-9-5-17(23)6-10-19)21(27)26(22)20-11-7-18(24)8-12-20;1-15-3-2-4-16(13-15)21-14-25(19-9-5-17(23)6-10-19)22(27)26(21)20-11-7-18(24)8-12-20/h2*3-14,21,28H,1-2H3;2-13,20H,1H3;2-13,28H,14H2,1H3;2-14H,1H3/t21?,23-;;;;/m0..../s1. The van der Waals surface area contributed by atoms with Crippen LogP contribution < -0.4 is 44.9 Å². The molecule has 3 N–H and O–H groups in total. The van der Waals surface area contributed by atoms with Crippen LogP contribution in [-0.4, -0.2) is 73.8 Å². The van der Waals surface area contributed by atoms with Gasteiger partial charge in [-0.15, -0.1) is 0 Å². The third kappa shape index (κ3) is 20.0. The van der Waals surface area contributed by atoms with Crippen molar-refractivity contribution in [3.63, 3.8) is 0 Å². The summed E-state index contributed by atoms with van der Waals surface area (Å²) >= 11 is 60.2. The minimum Gasteiger partial charge on any atom is -0.370 e. The fourth-order valence-corrected chi connectivity index (χ4v) is 19.3. The first kappa shape index (κ1) is 99.7. The Morgan fingerprint density at radius 1 is 0.291 bits per heavy atom. The van der Waals surface area contributed by atoms with E-state index in [0.29, 0.717) is 89.9 Å². The first-order valence-corrected chi connectivity index (χ1v) is 48.4. The Morgan fingerprint density at radius 3 is 0.929 bits per heavy atom. The number of aromatic nitrogens is 2. The molecule has 6 unspecified atom stereocenters. The number of epoxide rings is 1. The largest absolute Gasteiger partial charge is 0.370 e. The molecule has 15 aromatic carbocycles. The Kier molecular flexibility index (Phi) is 29.2. The number of aliphatic hydroxyl groups excluding tert-OH is 2. The number of nitrogens with zero attached hydrogens (tertiary/aromatic N) is 10. The highest BCUT2D eigenvalue weighted by atomic mass is 35.5. The summed E-state index contributed by atoms with van der Waals surface area (Å²) < 4.78 is 9.53. The van der Waals surface area contributed by atoms with Crippen LogP contribution in [0.1, 0.15) is 63.9 Å². The van der Waals surface area contributed by atoms with Gasteiger partial charge < -0.3 is 20.1 Å². The molecule has 7 atom stereocenters. The van der Waals surface area contributed by atoms with Crippen molar-refractivity contribution >= 4 is 186 Å². The van der Waals surface area contributed by atoms with Crippen molar-refractivity contribution in [1.82, 2.24) is 9.13 Å². The number of hydrogen-bond acceptors (Lipinski definition) is 9. The fraction of sp³-hybridized carbons (Fsp3) is 0.134. The highest BCUT2D eigenvalue weighted by Crippen LogP contribution is 2.59. The molecular weight excluding hydrogens is 1980 g/mol. The lowest BCUT2D eigenvalue weighted by Gasteiger charge is -2.36. The molecule has 0 radical (unpaired) electrons. The zero-order chi connectivity index (χ0) is 99.8. The Hall–Kier alpha value is -12.9. The quantitative estimate of drug-likeness (QED) is 0.0837. The summed E-state index contributed by atoms with van der Waals surface area (Å²) in [6.07, 6.45) is -0.796. The molecule has 5 aliphatic rings. The molecule has 0 bridgehead atoms. The highest BCUT2D eigenvalue weighted by Gasteiger charge is 2.74. The van der Waals surface area contributed by atoms with Crippen LogP contribution in [0.15, 0.2) is 375 Å². The molecular formula is C112H90Cl10N10O9. The van der Waals surface area contributed by atoms with Crippen LogP contribution in [0.3, 0.4) is 0 Å². The van der Waals surface area contributed by atoms with E-state index in [0.717, 1.165) is 78.5 Å². The normalized spacial score (nSPS) is 19.4. The predicted octanol–water partition coefficient (Wildman–Crippen LogP) is 29.4. The first-order valence-electron chi connectivity index (χ1n) is 44.6. The van der Waals surface area contributed by atoms with Crippen molar-refractivity contribution in [3.05, 3.63) is 481 Å². The summed E-state index contributed by atoms with van der Waals surface area (Å²) in [6, 6.07) is 109. The molecule has 712 valence electrons. The summed E-state index contributed by atoms with van der Waals surface area (Å²) in [5.41, 5.74) is 12.4. The SMILES string of the molecule is Cc1cccc(-c2cn(-c3ccc(Cl)cc3)c(=O)n2-c2ccc(Cl)cc2)c1.Cc1cccc(C2(C)C(O)N(c3ccc(Cl)cc3)C(=O)N2c2ccc(Cl)cc2)c1.Cc1cccc(C2(O)CN(c3ccc(Cl)cc3)C(=O)N2c2ccc(Cl)cc2)c1.Cc1cccc(C23OC2N(c2ccc(Cl)cc2)C(=O)N3c2ccc(Cl)cc2)c1.Cc1cccc([C@@]2(C)C(O)N(c3ccc(Cl)cc3)C(=O)N2c2ccc(Cl)cc2)c1. The topological polar surface area (TPSA) is 194 Å². The van der Waals surface area contributed by atoms with Crippen LogP contribution in [0.25, 0.3) is 22.6 Å². The average molecular weight is 2070 g/mol. The lowest BCUT2D eigenvalue weighted by molar-refractivity contribution is 0.0655. The second-order valence-electron chi connectivity index (χ2n) is 34.8. The van der Waals surface area contributed by atoms with E-state index in [4.69, 9.17) is 121 Å². The number of halogens is 10. The maximum absolute atomic E-state index is 13.6. The Labute approximate surface area is 865 Å². The van der Waals surface area contributed by atoms with Gasteiger partial charge in [-0.3, -0.25) is 48.3 Å². The number of amides is 8. The third-order valence-electron chi connectivity index (χ3n) is 25.2. The number of rotatable bonds is 15. The number of β-amino-alcohol motifs (C(OH)–C–C–N with tert-alkyl or cyclic N) is 1. The smallest absolute Gasteiger partial charge is 0.337 e. The van der Waals surface area contributed by atoms with Crippen molar-refractivity contribution < 1.29 is 39.2 Å². The summed E-state index contributed by atoms with van der Waals surface area (Å²) in [6.45, 7) is 13.8. The van der Waals surface area contributed by atoms with Crippen LogP contribution >= 0.6 is 116 Å². The van der Waals surface area contributed by atoms with E-state index in [2.05, 4.69) is 12.1 Å². The van der Waals surface area contributed by atoms with E-state index in [1.807, 2.05) is 212 Å². The van der Waals surface area contributed by atoms with Crippen molar-refractivity contribution in [2.45, 2.75) is 89.7 Å². The van der Waals surface area contributed by atoms with Crippen LogP contribution in [0.4, 0.5) is 64.7 Å². The third-order valence-corrected chi connectivity index (χ3v) is 27.7. The summed E-state index contributed by atoms with van der Waals surface area (Å²) in [5, 5.41) is 40.5. The molecule has 1 aromatic heterocycles. The molecule has 19 nitrogen and oxygen atoms in total. The number of imidazole rings is 1. The van der Waals surface area contributed by atoms with Gasteiger partial charge in [0.25, 0.3) is 0 Å². The van der Waals surface area contributed by atoms with Gasteiger partial charge in [-0.25, -0.2) is 24.0 Å². The maximum atomic E-state index is 13.6. The second-order valence-corrected chi connectivity index (χ2v) is 39.2. The van der Waals surface area contributed by atoms with E-state index in [9.17, 15) is 39.3 Å². The Balaban J connectivity index is 0.000000121. The van der Waals surface area contributed by atoms with Crippen molar-refractivity contribution in [3.8, 4) is 22.6 Å². The van der Waals surface area contributed by atoms with E-state index in [-0.39, 0.29) is 36.4 Å². The van der Waals surface area contributed by atoms with Gasteiger partial charge >= 0.3 is 29.8 Å². The van der Waals surface area contributed by atoms with Gasteiger partial charge in [0, 0.05) is 119 Å². The number of ether oxygens (including phenoxy) is 1. The molecule has 0 aliphatic carbocycles. The number of hydrogen-bond donors (Lipinski definition) is 3. The predicted molar refractivity (Wildman–Crippen MR) is 571 cm³/mol. The Bertz CT molecular complexity index is 7110. The minimum absolute atomic E-state index is 0.0829. The lowest BCUT2D eigenvalue weighted by Crippen LogP contribution is -2.47. The summed E-state index contributed by atoms with van der Waals surface area (Å²) in [7, 11) is 0. The molecule has 141 heavy (non-hydrogen) atoms. The van der Waals surface area contributed by atoms with Gasteiger partial charge in [0.05, 0.1) is 23.6 Å². The first-order chi connectivity index (χ1) is 67.5. The number of urea groups is 4.